The number of carboxylic acid groups (broad SMARTS) is 1. The van der Waals surface area contributed by atoms with Crippen LogP contribution in [0.15, 0.2) is 24.3 Å². The number of likely N-dealkylation sites (tertiary alicyclic amines) is 1. The Hall–Kier alpha value is -1.91. The zero-order valence-electron chi connectivity index (χ0n) is 11.0. The van der Waals surface area contributed by atoms with Crippen LogP contribution in [0.4, 0.5) is 4.39 Å². The highest BCUT2D eigenvalue weighted by atomic mass is 19.1. The fraction of sp³-hybridized carbons (Fsp3) is 0.467. The van der Waals surface area contributed by atoms with E-state index in [4.69, 9.17) is 5.11 Å². The molecule has 0 radical (unpaired) electrons. The van der Waals surface area contributed by atoms with Crippen molar-refractivity contribution in [3.63, 3.8) is 0 Å². The van der Waals surface area contributed by atoms with E-state index in [-0.39, 0.29) is 23.1 Å². The van der Waals surface area contributed by atoms with Gasteiger partial charge in [0.15, 0.2) is 0 Å². The predicted octanol–water partition coefficient (Wildman–Crippen LogP) is 2.15. The Bertz CT molecular complexity index is 547. The number of nitrogens with zero attached hydrogens (tertiary/aromatic N) is 1. The second kappa shape index (κ2) is 4.58. The van der Waals surface area contributed by atoms with Crippen LogP contribution in [0.3, 0.4) is 0 Å². The van der Waals surface area contributed by atoms with Crippen molar-refractivity contribution in [3.05, 3.63) is 35.6 Å². The number of amides is 1. The van der Waals surface area contributed by atoms with Crippen LogP contribution in [0.2, 0.25) is 0 Å². The highest BCUT2D eigenvalue weighted by Crippen LogP contribution is 2.59. The summed E-state index contributed by atoms with van der Waals surface area (Å²) in [6.07, 6.45) is 2.23. The van der Waals surface area contributed by atoms with E-state index in [1.54, 1.807) is 4.90 Å². The first-order valence-electron chi connectivity index (χ1n) is 6.79. The molecule has 1 aliphatic carbocycles. The Morgan fingerprint density at radius 3 is 2.30 bits per heavy atom. The minimum atomic E-state index is -0.719. The van der Waals surface area contributed by atoms with Crippen molar-refractivity contribution >= 4 is 11.9 Å². The molecular weight excluding hydrogens is 261 g/mol. The number of carbonyl (C=O) groups excluding carboxylic acids is 1. The minimum Gasteiger partial charge on any atom is -0.481 e. The third-order valence-corrected chi connectivity index (χ3v) is 4.63. The summed E-state index contributed by atoms with van der Waals surface area (Å²) in [4.78, 5) is 25.0. The molecule has 1 saturated carbocycles. The molecule has 1 amide bonds. The van der Waals surface area contributed by atoms with Gasteiger partial charge in [-0.15, -0.1) is 0 Å². The van der Waals surface area contributed by atoms with Gasteiger partial charge in [-0.3, -0.25) is 9.59 Å². The Morgan fingerprint density at radius 2 is 1.80 bits per heavy atom. The molecule has 1 atom stereocenters. The van der Waals surface area contributed by atoms with Crippen LogP contribution >= 0.6 is 0 Å². The lowest BCUT2D eigenvalue weighted by atomic mass is 9.90. The van der Waals surface area contributed by atoms with Crippen LogP contribution in [-0.4, -0.2) is 35.0 Å². The van der Waals surface area contributed by atoms with Crippen LogP contribution in [0.1, 0.15) is 29.6 Å². The van der Waals surface area contributed by atoms with Gasteiger partial charge >= 0.3 is 5.97 Å². The first-order chi connectivity index (χ1) is 9.52. The average Bonchev–Trinajstić information content (AvgIpc) is 3.14. The second-order valence-corrected chi connectivity index (χ2v) is 5.76. The quantitative estimate of drug-likeness (QED) is 0.901. The van der Waals surface area contributed by atoms with E-state index in [1.165, 1.54) is 24.3 Å². The maximum atomic E-state index is 12.8. The highest BCUT2D eigenvalue weighted by Gasteiger charge is 2.59. The number of hydrogen-bond acceptors (Lipinski definition) is 2. The zero-order valence-corrected chi connectivity index (χ0v) is 11.0. The van der Waals surface area contributed by atoms with Gasteiger partial charge in [0.05, 0.1) is 5.92 Å². The molecule has 2 aliphatic rings. The fourth-order valence-corrected chi connectivity index (χ4v) is 3.18. The normalized spacial score (nSPS) is 23.6. The van der Waals surface area contributed by atoms with Crippen molar-refractivity contribution in [1.82, 2.24) is 4.90 Å². The number of rotatable bonds is 2. The number of aliphatic carboxylic acids is 1. The van der Waals surface area contributed by atoms with E-state index in [2.05, 4.69) is 0 Å². The molecule has 1 aromatic carbocycles. The summed E-state index contributed by atoms with van der Waals surface area (Å²) < 4.78 is 12.8. The zero-order chi connectivity index (χ0) is 14.3. The van der Waals surface area contributed by atoms with Gasteiger partial charge in [-0.1, -0.05) is 0 Å². The van der Waals surface area contributed by atoms with Crippen molar-refractivity contribution in [3.8, 4) is 0 Å². The number of halogens is 1. The Balaban J connectivity index is 1.63. The van der Waals surface area contributed by atoms with Gasteiger partial charge in [0.2, 0.25) is 0 Å². The average molecular weight is 277 g/mol. The molecule has 5 heteroatoms. The molecule has 1 aromatic rings. The van der Waals surface area contributed by atoms with Crippen LogP contribution in [-0.2, 0) is 4.79 Å². The van der Waals surface area contributed by atoms with Gasteiger partial charge in [-0.2, -0.15) is 0 Å². The van der Waals surface area contributed by atoms with Crippen molar-refractivity contribution in [2.75, 3.05) is 13.1 Å². The molecule has 2 fully saturated rings. The van der Waals surface area contributed by atoms with E-state index < -0.39 is 5.97 Å². The number of carboxylic acids is 1. The van der Waals surface area contributed by atoms with Gasteiger partial charge < -0.3 is 10.0 Å². The summed E-state index contributed by atoms with van der Waals surface area (Å²) in [5, 5.41) is 9.03. The summed E-state index contributed by atoms with van der Waals surface area (Å²) in [5.74, 6) is -1.41. The van der Waals surface area contributed by atoms with Crippen LogP contribution < -0.4 is 0 Å². The standard InChI is InChI=1S/C15H16FNO3/c16-11-3-1-10(2-4-11)13(18)17-7-5-15(6-8-17)9-12(15)14(19)20/h1-4,12H,5-9H2,(H,19,20). The fourth-order valence-electron chi connectivity index (χ4n) is 3.18. The van der Waals surface area contributed by atoms with Crippen LogP contribution in [0, 0.1) is 17.2 Å². The Labute approximate surface area is 116 Å². The second-order valence-electron chi connectivity index (χ2n) is 5.76. The summed E-state index contributed by atoms with van der Waals surface area (Å²) in [7, 11) is 0. The van der Waals surface area contributed by atoms with Crippen LogP contribution in [0.5, 0.6) is 0 Å². The Kier molecular flexibility index (Phi) is 3.00. The summed E-state index contributed by atoms with van der Waals surface area (Å²) in [6.45, 7) is 1.17. The minimum absolute atomic E-state index is 0.0780. The van der Waals surface area contributed by atoms with E-state index in [0.29, 0.717) is 18.7 Å². The van der Waals surface area contributed by atoms with Gasteiger partial charge in [-0.05, 0) is 48.9 Å². The molecule has 1 saturated heterocycles. The van der Waals surface area contributed by atoms with E-state index >= 15 is 0 Å². The SMILES string of the molecule is O=C(O)C1CC12CCN(C(=O)c1ccc(F)cc1)CC2. The molecule has 1 aliphatic heterocycles. The third-order valence-electron chi connectivity index (χ3n) is 4.63. The monoisotopic (exact) mass is 277 g/mol. The van der Waals surface area contributed by atoms with E-state index in [9.17, 15) is 14.0 Å². The molecule has 0 aromatic heterocycles. The van der Waals surface area contributed by atoms with Crippen molar-refractivity contribution in [2.24, 2.45) is 11.3 Å². The van der Waals surface area contributed by atoms with Gasteiger partial charge in [0, 0.05) is 18.7 Å². The van der Waals surface area contributed by atoms with Gasteiger partial charge in [-0.25, -0.2) is 4.39 Å². The molecule has 1 spiro atoms. The first kappa shape index (κ1) is 13.1. The molecule has 3 rings (SSSR count). The number of hydrogen-bond donors (Lipinski definition) is 1. The maximum absolute atomic E-state index is 12.8. The highest BCUT2D eigenvalue weighted by molar-refractivity contribution is 5.94. The molecule has 1 heterocycles. The lowest BCUT2D eigenvalue weighted by Crippen LogP contribution is -2.40. The number of benzene rings is 1. The summed E-state index contributed by atoms with van der Waals surface area (Å²) in [6, 6.07) is 5.53. The topological polar surface area (TPSA) is 57.6 Å². The molecule has 0 bridgehead atoms. The molecule has 1 unspecified atom stereocenters. The lowest BCUT2D eigenvalue weighted by molar-refractivity contribution is -0.139. The first-order valence-corrected chi connectivity index (χ1v) is 6.79. The van der Waals surface area contributed by atoms with E-state index in [1.807, 2.05) is 0 Å². The van der Waals surface area contributed by atoms with E-state index in [0.717, 1.165) is 19.3 Å². The third kappa shape index (κ3) is 2.17. The lowest BCUT2D eigenvalue weighted by Gasteiger charge is -2.32. The molecule has 20 heavy (non-hydrogen) atoms. The van der Waals surface area contributed by atoms with Gasteiger partial charge in [0.1, 0.15) is 5.82 Å². The molecule has 106 valence electrons. The van der Waals surface area contributed by atoms with Crippen molar-refractivity contribution in [1.29, 1.82) is 0 Å². The number of carbonyl (C=O) groups is 2. The van der Waals surface area contributed by atoms with Crippen molar-refractivity contribution < 1.29 is 19.1 Å². The van der Waals surface area contributed by atoms with Gasteiger partial charge in [0.25, 0.3) is 5.91 Å². The summed E-state index contributed by atoms with van der Waals surface area (Å²) >= 11 is 0. The molecule has 4 nitrogen and oxygen atoms in total. The Morgan fingerprint density at radius 1 is 1.20 bits per heavy atom. The molecule has 1 N–H and O–H groups in total. The largest absolute Gasteiger partial charge is 0.481 e. The maximum Gasteiger partial charge on any atom is 0.307 e. The smallest absolute Gasteiger partial charge is 0.307 e. The van der Waals surface area contributed by atoms with Crippen LogP contribution in [0.25, 0.3) is 0 Å². The molecular formula is C15H16FNO3. The predicted molar refractivity (Wildman–Crippen MR) is 69.7 cm³/mol. The number of piperidine rings is 1. The van der Waals surface area contributed by atoms with Crippen molar-refractivity contribution in [2.45, 2.75) is 19.3 Å². The summed E-state index contributed by atoms with van der Waals surface area (Å²) in [5.41, 5.74) is 0.402.